The van der Waals surface area contributed by atoms with Gasteiger partial charge in [0.05, 0.1) is 0 Å². The van der Waals surface area contributed by atoms with Crippen LogP contribution in [0, 0.1) is 11.6 Å². The maximum absolute atomic E-state index is 12.7. The van der Waals surface area contributed by atoms with E-state index in [0.29, 0.717) is 0 Å². The summed E-state index contributed by atoms with van der Waals surface area (Å²) in [6.45, 7) is 1.45. The van der Waals surface area contributed by atoms with Crippen molar-refractivity contribution in [1.82, 2.24) is 0 Å². The number of halogens is 2. The Balaban J connectivity index is 1.61. The summed E-state index contributed by atoms with van der Waals surface area (Å²) in [6, 6.07) is 12.5. The summed E-state index contributed by atoms with van der Waals surface area (Å²) in [5.74, 6) is -0.479. The van der Waals surface area contributed by atoms with Gasteiger partial charge in [0.1, 0.15) is 11.6 Å². The van der Waals surface area contributed by atoms with Crippen LogP contribution in [0.2, 0.25) is 0 Å². The van der Waals surface area contributed by atoms with E-state index in [9.17, 15) is 8.78 Å². The zero-order chi connectivity index (χ0) is 15.6. The van der Waals surface area contributed by atoms with Crippen LogP contribution >= 0.6 is 0 Å². The molecule has 4 heteroatoms. The van der Waals surface area contributed by atoms with Crippen LogP contribution in [0.5, 0.6) is 0 Å². The van der Waals surface area contributed by atoms with Crippen molar-refractivity contribution in [3.63, 3.8) is 0 Å². The van der Waals surface area contributed by atoms with Crippen molar-refractivity contribution in [3.05, 3.63) is 71.3 Å². The first kappa shape index (κ1) is 16.0. The van der Waals surface area contributed by atoms with Crippen LogP contribution in [0.1, 0.15) is 24.0 Å². The van der Waals surface area contributed by atoms with E-state index in [-0.39, 0.29) is 11.6 Å². The number of benzene rings is 2. The lowest BCUT2D eigenvalue weighted by molar-refractivity contribution is 0.627. The van der Waals surface area contributed by atoms with Crippen LogP contribution in [0.15, 0.2) is 58.5 Å². The van der Waals surface area contributed by atoms with Gasteiger partial charge >= 0.3 is 0 Å². The van der Waals surface area contributed by atoms with Gasteiger partial charge in [0.15, 0.2) is 0 Å². The Hall–Kier alpha value is -2.36. The predicted octanol–water partition coefficient (Wildman–Crippen LogP) is 4.28. The fourth-order valence-electron chi connectivity index (χ4n) is 1.84. The molecule has 2 rings (SSSR count). The summed E-state index contributed by atoms with van der Waals surface area (Å²) in [5, 5.41) is 0. The molecule has 0 aliphatic rings. The molecule has 0 unspecified atom stereocenters. The van der Waals surface area contributed by atoms with E-state index < -0.39 is 0 Å². The third-order valence-corrected chi connectivity index (χ3v) is 3.05. The molecule has 0 fully saturated rings. The Kier molecular flexibility index (Phi) is 6.42. The maximum Gasteiger partial charge on any atom is 0.123 e. The molecule has 0 saturated heterocycles. The number of hydrogen-bond acceptors (Lipinski definition) is 2. The molecule has 22 heavy (non-hydrogen) atoms. The maximum atomic E-state index is 12.7. The van der Waals surface area contributed by atoms with E-state index in [1.165, 1.54) is 24.3 Å². The molecule has 2 aromatic carbocycles. The summed E-state index contributed by atoms with van der Waals surface area (Å²) in [7, 11) is 0. The smallest absolute Gasteiger partial charge is 0.123 e. The molecule has 2 aromatic rings. The molecule has 0 heterocycles. The molecule has 0 radical (unpaired) electrons. The monoisotopic (exact) mass is 300 g/mol. The normalized spacial score (nSPS) is 11.5. The second-order valence-electron chi connectivity index (χ2n) is 4.88. The van der Waals surface area contributed by atoms with Crippen molar-refractivity contribution in [2.24, 2.45) is 9.98 Å². The van der Waals surface area contributed by atoms with Crippen LogP contribution in [-0.2, 0) is 0 Å². The number of aliphatic imine (C=N–C) groups is 2. The standard InChI is InChI=1S/C18H18F2N2/c19-17-7-3-15(4-8-17)13-21-11-1-2-12-22-14-16-5-9-18(20)10-6-16/h3-10,13-14H,1-2,11-12H2. The van der Waals surface area contributed by atoms with E-state index in [1.54, 1.807) is 36.7 Å². The van der Waals surface area contributed by atoms with Crippen molar-refractivity contribution in [2.45, 2.75) is 12.8 Å². The third-order valence-electron chi connectivity index (χ3n) is 3.05. The lowest BCUT2D eigenvalue weighted by Crippen LogP contribution is -1.89. The Bertz CT molecular complexity index is 559. The first-order valence-corrected chi connectivity index (χ1v) is 7.25. The van der Waals surface area contributed by atoms with Gasteiger partial charge in [-0.25, -0.2) is 8.78 Å². The van der Waals surface area contributed by atoms with Crippen molar-refractivity contribution in [1.29, 1.82) is 0 Å². The van der Waals surface area contributed by atoms with E-state index in [2.05, 4.69) is 9.98 Å². The molecule has 0 aromatic heterocycles. The highest BCUT2D eigenvalue weighted by atomic mass is 19.1. The highest BCUT2D eigenvalue weighted by Crippen LogP contribution is 2.01. The van der Waals surface area contributed by atoms with Crippen molar-refractivity contribution in [3.8, 4) is 0 Å². The lowest BCUT2D eigenvalue weighted by Gasteiger charge is -1.96. The average Bonchev–Trinajstić information content (AvgIpc) is 2.53. The minimum atomic E-state index is -0.240. The van der Waals surface area contributed by atoms with Crippen molar-refractivity contribution in [2.75, 3.05) is 13.1 Å². The molecule has 0 amide bonds. The minimum absolute atomic E-state index is 0.240. The SMILES string of the molecule is Fc1ccc(C=NCCCCN=Cc2ccc(F)cc2)cc1. The molecule has 2 nitrogen and oxygen atoms in total. The fourth-order valence-corrected chi connectivity index (χ4v) is 1.84. The highest BCUT2D eigenvalue weighted by Gasteiger charge is 1.91. The Labute approximate surface area is 129 Å². The lowest BCUT2D eigenvalue weighted by atomic mass is 10.2. The van der Waals surface area contributed by atoms with Crippen LogP contribution < -0.4 is 0 Å². The van der Waals surface area contributed by atoms with Gasteiger partial charge in [-0.05, 0) is 48.2 Å². The summed E-state index contributed by atoms with van der Waals surface area (Å²) in [5.41, 5.74) is 1.80. The van der Waals surface area contributed by atoms with E-state index in [4.69, 9.17) is 0 Å². The largest absolute Gasteiger partial charge is 0.293 e. The van der Waals surface area contributed by atoms with Crippen LogP contribution in [-0.4, -0.2) is 25.5 Å². The molecule has 0 aliphatic heterocycles. The van der Waals surface area contributed by atoms with Gasteiger partial charge in [0, 0.05) is 25.5 Å². The van der Waals surface area contributed by atoms with E-state index in [1.807, 2.05) is 0 Å². The molecule has 0 saturated carbocycles. The number of rotatable bonds is 7. The van der Waals surface area contributed by atoms with Crippen molar-refractivity contribution >= 4 is 12.4 Å². The molecular weight excluding hydrogens is 282 g/mol. The quantitative estimate of drug-likeness (QED) is 0.538. The first-order chi connectivity index (χ1) is 10.7. The van der Waals surface area contributed by atoms with Crippen LogP contribution in [0.3, 0.4) is 0 Å². The van der Waals surface area contributed by atoms with Crippen molar-refractivity contribution < 1.29 is 8.78 Å². The third kappa shape index (κ3) is 5.95. The second kappa shape index (κ2) is 8.82. The second-order valence-corrected chi connectivity index (χ2v) is 4.88. The van der Waals surface area contributed by atoms with Gasteiger partial charge in [0.2, 0.25) is 0 Å². The molecule has 0 N–H and O–H groups in total. The Morgan fingerprint density at radius 1 is 0.636 bits per heavy atom. The van der Waals surface area contributed by atoms with E-state index in [0.717, 1.165) is 37.1 Å². The summed E-state index contributed by atoms with van der Waals surface area (Å²) < 4.78 is 25.4. The highest BCUT2D eigenvalue weighted by molar-refractivity contribution is 5.79. The van der Waals surface area contributed by atoms with Gasteiger partial charge in [-0.15, -0.1) is 0 Å². The zero-order valence-corrected chi connectivity index (χ0v) is 12.3. The zero-order valence-electron chi connectivity index (χ0n) is 12.3. The fraction of sp³-hybridized carbons (Fsp3) is 0.222. The van der Waals surface area contributed by atoms with Gasteiger partial charge in [-0.2, -0.15) is 0 Å². The molecule has 0 aliphatic carbocycles. The predicted molar refractivity (Wildman–Crippen MR) is 87.0 cm³/mol. The molecule has 0 bridgehead atoms. The number of unbranched alkanes of at least 4 members (excludes halogenated alkanes) is 1. The molecule has 114 valence electrons. The molecular formula is C18H18F2N2. The van der Waals surface area contributed by atoms with Gasteiger partial charge in [-0.3, -0.25) is 9.98 Å². The topological polar surface area (TPSA) is 24.7 Å². The number of nitrogens with zero attached hydrogens (tertiary/aromatic N) is 2. The summed E-state index contributed by atoms with van der Waals surface area (Å²) >= 11 is 0. The first-order valence-electron chi connectivity index (χ1n) is 7.25. The Morgan fingerprint density at radius 3 is 1.36 bits per heavy atom. The van der Waals surface area contributed by atoms with Crippen LogP contribution in [0.25, 0.3) is 0 Å². The van der Waals surface area contributed by atoms with Gasteiger partial charge < -0.3 is 0 Å². The summed E-state index contributed by atoms with van der Waals surface area (Å²) in [4.78, 5) is 8.59. The minimum Gasteiger partial charge on any atom is -0.293 e. The van der Waals surface area contributed by atoms with Gasteiger partial charge in [0.25, 0.3) is 0 Å². The molecule has 0 spiro atoms. The molecule has 0 atom stereocenters. The Morgan fingerprint density at radius 2 is 1.00 bits per heavy atom. The van der Waals surface area contributed by atoms with Crippen LogP contribution in [0.4, 0.5) is 8.78 Å². The average molecular weight is 300 g/mol. The summed E-state index contributed by atoms with van der Waals surface area (Å²) in [6.07, 6.45) is 5.39. The number of hydrogen-bond donors (Lipinski definition) is 0. The van der Waals surface area contributed by atoms with E-state index >= 15 is 0 Å². The van der Waals surface area contributed by atoms with Gasteiger partial charge in [-0.1, -0.05) is 24.3 Å².